The van der Waals surface area contributed by atoms with E-state index in [-0.39, 0.29) is 5.91 Å². The van der Waals surface area contributed by atoms with Gasteiger partial charge in [0.2, 0.25) is 0 Å². The van der Waals surface area contributed by atoms with E-state index in [9.17, 15) is 4.79 Å². The van der Waals surface area contributed by atoms with Crippen LogP contribution in [0, 0.1) is 0 Å². The fourth-order valence-electron chi connectivity index (χ4n) is 2.35. The second kappa shape index (κ2) is 6.56. The van der Waals surface area contributed by atoms with E-state index < -0.39 is 0 Å². The number of carbonyl (C=O) groups excluding carboxylic acids is 1. The molecule has 0 bridgehead atoms. The van der Waals surface area contributed by atoms with Crippen molar-refractivity contribution < 1.29 is 9.53 Å². The molecule has 0 aliphatic rings. The Morgan fingerprint density at radius 1 is 1.30 bits per heavy atom. The van der Waals surface area contributed by atoms with Crippen molar-refractivity contribution >= 4 is 39.1 Å². The molecule has 0 aliphatic carbocycles. The monoisotopic (exact) mass is 346 g/mol. The Balaban J connectivity index is 2.11. The summed E-state index contributed by atoms with van der Waals surface area (Å²) < 4.78 is 8.17. The number of benzene rings is 2. The highest BCUT2D eigenvalue weighted by molar-refractivity contribution is 7.16. The maximum Gasteiger partial charge on any atom is 0.279 e. The summed E-state index contributed by atoms with van der Waals surface area (Å²) in [5, 5.41) is 0.674. The maximum absolute atomic E-state index is 12.4. The summed E-state index contributed by atoms with van der Waals surface area (Å²) in [5.74, 6) is 0.348. The van der Waals surface area contributed by atoms with Crippen LogP contribution >= 0.6 is 22.9 Å². The van der Waals surface area contributed by atoms with Gasteiger partial charge in [-0.1, -0.05) is 29.0 Å². The van der Waals surface area contributed by atoms with Gasteiger partial charge in [0, 0.05) is 17.1 Å². The molecule has 118 valence electrons. The fraction of sp³-hybridized carbons (Fsp3) is 0.176. The van der Waals surface area contributed by atoms with Gasteiger partial charge in [-0.25, -0.2) is 0 Å². The summed E-state index contributed by atoms with van der Waals surface area (Å²) in [6.45, 7) is 2.75. The van der Waals surface area contributed by atoms with E-state index in [1.807, 2.05) is 29.7 Å². The zero-order valence-corrected chi connectivity index (χ0v) is 14.3. The van der Waals surface area contributed by atoms with Crippen molar-refractivity contribution in [2.24, 2.45) is 4.99 Å². The first kappa shape index (κ1) is 15.8. The lowest BCUT2D eigenvalue weighted by Gasteiger charge is -2.01. The van der Waals surface area contributed by atoms with Crippen LogP contribution in [-0.2, 0) is 6.54 Å². The first-order valence-corrected chi connectivity index (χ1v) is 8.34. The van der Waals surface area contributed by atoms with Crippen LogP contribution in [0.25, 0.3) is 10.2 Å². The third kappa shape index (κ3) is 3.16. The Labute approximate surface area is 142 Å². The molecule has 1 heterocycles. The Morgan fingerprint density at radius 2 is 2.13 bits per heavy atom. The van der Waals surface area contributed by atoms with E-state index in [0.29, 0.717) is 21.1 Å². The van der Waals surface area contributed by atoms with Gasteiger partial charge in [0.1, 0.15) is 5.75 Å². The van der Waals surface area contributed by atoms with Crippen LogP contribution in [0.4, 0.5) is 0 Å². The van der Waals surface area contributed by atoms with E-state index in [2.05, 4.69) is 4.99 Å². The van der Waals surface area contributed by atoms with Crippen LogP contribution < -0.4 is 9.54 Å². The number of methoxy groups -OCH3 is 1. The normalized spacial score (nSPS) is 11.9. The van der Waals surface area contributed by atoms with Crippen LogP contribution in [0.1, 0.15) is 17.3 Å². The molecular formula is C17H15ClN2O2S. The summed E-state index contributed by atoms with van der Waals surface area (Å²) >= 11 is 7.50. The molecule has 0 spiro atoms. The van der Waals surface area contributed by atoms with Gasteiger partial charge in [-0.05, 0) is 43.3 Å². The predicted octanol–water partition coefficient (Wildman–Crippen LogP) is 4.13. The number of ether oxygens (including phenoxy) is 1. The third-order valence-electron chi connectivity index (χ3n) is 3.47. The molecule has 3 rings (SSSR count). The average molecular weight is 347 g/mol. The molecule has 0 radical (unpaired) electrons. The maximum atomic E-state index is 12.4. The van der Waals surface area contributed by atoms with Gasteiger partial charge in [0.15, 0.2) is 4.80 Å². The molecule has 1 amide bonds. The highest BCUT2D eigenvalue weighted by Crippen LogP contribution is 2.22. The van der Waals surface area contributed by atoms with Gasteiger partial charge in [-0.15, -0.1) is 0 Å². The molecule has 0 fully saturated rings. The third-order valence-corrected chi connectivity index (χ3v) is 4.75. The minimum absolute atomic E-state index is 0.288. The molecule has 3 aromatic rings. The Bertz CT molecular complexity index is 943. The smallest absolute Gasteiger partial charge is 0.279 e. The van der Waals surface area contributed by atoms with E-state index in [1.54, 1.807) is 31.4 Å². The molecule has 1 aromatic heterocycles. The van der Waals surface area contributed by atoms with Crippen molar-refractivity contribution in [3.8, 4) is 5.75 Å². The quantitative estimate of drug-likeness (QED) is 0.715. The standard InChI is InChI=1S/C17H15ClN2O2S/c1-3-20-14-8-7-12(18)10-15(14)23-17(20)19-16(21)11-5-4-6-13(9-11)22-2/h4-10H,3H2,1-2H3. The number of rotatable bonds is 3. The molecule has 4 nitrogen and oxygen atoms in total. The zero-order valence-electron chi connectivity index (χ0n) is 12.7. The Morgan fingerprint density at radius 3 is 2.87 bits per heavy atom. The number of carbonyl (C=O) groups is 1. The minimum Gasteiger partial charge on any atom is -0.497 e. The lowest BCUT2D eigenvalue weighted by Crippen LogP contribution is -2.15. The molecule has 2 aromatic carbocycles. The molecule has 0 atom stereocenters. The topological polar surface area (TPSA) is 43.6 Å². The summed E-state index contributed by atoms with van der Waals surface area (Å²) in [4.78, 5) is 17.4. The number of halogens is 1. The van der Waals surface area contributed by atoms with Crippen molar-refractivity contribution in [3.05, 3.63) is 57.9 Å². The van der Waals surface area contributed by atoms with Crippen LogP contribution in [0.15, 0.2) is 47.5 Å². The number of nitrogens with zero attached hydrogens (tertiary/aromatic N) is 2. The Kier molecular flexibility index (Phi) is 4.50. The highest BCUT2D eigenvalue weighted by atomic mass is 35.5. The predicted molar refractivity (Wildman–Crippen MR) is 93.4 cm³/mol. The van der Waals surface area contributed by atoms with Crippen molar-refractivity contribution in [3.63, 3.8) is 0 Å². The number of hydrogen-bond donors (Lipinski definition) is 0. The summed E-state index contributed by atoms with van der Waals surface area (Å²) in [6.07, 6.45) is 0. The van der Waals surface area contributed by atoms with Gasteiger partial charge in [-0.3, -0.25) is 4.79 Å². The fourth-order valence-corrected chi connectivity index (χ4v) is 3.71. The molecule has 0 unspecified atom stereocenters. The van der Waals surface area contributed by atoms with E-state index >= 15 is 0 Å². The van der Waals surface area contributed by atoms with Gasteiger partial charge in [0.05, 0.1) is 17.3 Å². The van der Waals surface area contributed by atoms with E-state index in [1.165, 1.54) is 11.3 Å². The molecule has 0 saturated heterocycles. The first-order valence-electron chi connectivity index (χ1n) is 7.14. The summed E-state index contributed by atoms with van der Waals surface area (Å²) in [7, 11) is 1.57. The van der Waals surface area contributed by atoms with Crippen LogP contribution in [0.3, 0.4) is 0 Å². The molecule has 23 heavy (non-hydrogen) atoms. The molecule has 0 saturated carbocycles. The largest absolute Gasteiger partial charge is 0.497 e. The second-order valence-corrected chi connectivity index (χ2v) is 6.34. The lowest BCUT2D eigenvalue weighted by molar-refractivity contribution is 0.0997. The number of thiazole rings is 1. The number of fused-ring (bicyclic) bond motifs is 1. The molecule has 0 aliphatic heterocycles. The van der Waals surface area contributed by atoms with Crippen LogP contribution in [0.5, 0.6) is 5.75 Å². The summed E-state index contributed by atoms with van der Waals surface area (Å²) in [5.41, 5.74) is 1.53. The zero-order chi connectivity index (χ0) is 16.4. The van der Waals surface area contributed by atoms with Crippen molar-refractivity contribution in [1.82, 2.24) is 4.57 Å². The minimum atomic E-state index is -0.288. The van der Waals surface area contributed by atoms with Gasteiger partial charge in [-0.2, -0.15) is 4.99 Å². The average Bonchev–Trinajstić information content (AvgIpc) is 2.90. The van der Waals surface area contributed by atoms with Gasteiger partial charge in [0.25, 0.3) is 5.91 Å². The van der Waals surface area contributed by atoms with Crippen molar-refractivity contribution in [2.45, 2.75) is 13.5 Å². The number of aromatic nitrogens is 1. The SMILES string of the molecule is CCn1c(=NC(=O)c2cccc(OC)c2)sc2cc(Cl)ccc21. The highest BCUT2D eigenvalue weighted by Gasteiger charge is 2.09. The number of hydrogen-bond acceptors (Lipinski definition) is 3. The molecular weight excluding hydrogens is 332 g/mol. The van der Waals surface area contributed by atoms with Crippen LogP contribution in [0.2, 0.25) is 5.02 Å². The number of aryl methyl sites for hydroxylation is 1. The first-order chi connectivity index (χ1) is 11.1. The van der Waals surface area contributed by atoms with E-state index in [4.69, 9.17) is 16.3 Å². The van der Waals surface area contributed by atoms with Gasteiger partial charge >= 0.3 is 0 Å². The van der Waals surface area contributed by atoms with Gasteiger partial charge < -0.3 is 9.30 Å². The Hall–Kier alpha value is -2.11. The van der Waals surface area contributed by atoms with Crippen molar-refractivity contribution in [1.29, 1.82) is 0 Å². The van der Waals surface area contributed by atoms with E-state index in [0.717, 1.165) is 16.8 Å². The molecule has 6 heteroatoms. The second-order valence-electron chi connectivity index (χ2n) is 4.89. The summed E-state index contributed by atoms with van der Waals surface area (Å²) in [6, 6.07) is 12.7. The molecule has 0 N–H and O–H groups in total. The number of amides is 1. The lowest BCUT2D eigenvalue weighted by atomic mass is 10.2. The van der Waals surface area contributed by atoms with Crippen LogP contribution in [-0.4, -0.2) is 17.6 Å². The van der Waals surface area contributed by atoms with Crippen molar-refractivity contribution in [2.75, 3.05) is 7.11 Å².